The molecule has 6 unspecified atom stereocenters. The van der Waals surface area contributed by atoms with Crippen LogP contribution < -0.4 is 5.32 Å². The van der Waals surface area contributed by atoms with Crippen LogP contribution in [0.25, 0.3) is 0 Å². The highest BCUT2D eigenvalue weighted by Crippen LogP contribution is 2.30. The van der Waals surface area contributed by atoms with Crippen LogP contribution in [-0.4, -0.2) is 64.4 Å². The molecule has 7 heteroatoms. The van der Waals surface area contributed by atoms with E-state index in [0.29, 0.717) is 19.2 Å². The van der Waals surface area contributed by atoms with Crippen molar-refractivity contribution >= 4 is 6.02 Å². The van der Waals surface area contributed by atoms with Crippen LogP contribution >= 0.6 is 0 Å². The highest BCUT2D eigenvalue weighted by Gasteiger charge is 2.55. The zero-order chi connectivity index (χ0) is 21.3. The van der Waals surface area contributed by atoms with Crippen LogP contribution in [0.3, 0.4) is 0 Å². The molecule has 0 spiro atoms. The molecule has 4 N–H and O–H groups in total. The quantitative estimate of drug-likeness (QED) is 0.409. The molecule has 1 saturated carbocycles. The zero-order valence-corrected chi connectivity index (χ0v) is 17.8. The Balaban J connectivity index is 1.52. The minimum atomic E-state index is -1.34. The molecule has 2 fully saturated rings. The number of rotatable bonds is 11. The van der Waals surface area contributed by atoms with Gasteiger partial charge in [-0.25, -0.2) is 4.99 Å². The number of fused-ring (bicyclic) bond motifs is 1. The zero-order valence-electron chi connectivity index (χ0n) is 17.8. The Morgan fingerprint density at radius 3 is 2.37 bits per heavy atom. The molecule has 0 bridgehead atoms. The maximum absolute atomic E-state index is 10.5. The van der Waals surface area contributed by atoms with Gasteiger partial charge in [-0.05, 0) is 12.0 Å². The second kappa shape index (κ2) is 11.6. The van der Waals surface area contributed by atoms with Crippen LogP contribution in [0.4, 0.5) is 0 Å². The molecule has 0 aromatic heterocycles. The standard InChI is InChI=1S/C23H36N2O5/c1-2-3-4-5-6-7-11-14-24-23-25-17-21(29-15-16-12-9-8-10-13-16)19(27)18(26)20(28)22(17)30-23/h8-10,12-13,17-22,26-28H,2-7,11,14-15H2,1H3,(H,24,25). The minimum absolute atomic E-state index is 0.292. The first-order chi connectivity index (χ1) is 14.6. The van der Waals surface area contributed by atoms with E-state index >= 15 is 0 Å². The van der Waals surface area contributed by atoms with Gasteiger partial charge in [-0.2, -0.15) is 0 Å². The molecule has 3 rings (SSSR count). The fourth-order valence-corrected chi connectivity index (χ4v) is 4.12. The van der Waals surface area contributed by atoms with E-state index in [1.165, 1.54) is 32.1 Å². The predicted octanol–water partition coefficient (Wildman–Crippen LogP) is 2.13. The van der Waals surface area contributed by atoms with Gasteiger partial charge in [-0.3, -0.25) is 0 Å². The Hall–Kier alpha value is -1.67. The van der Waals surface area contributed by atoms with Crippen LogP contribution in [0, 0.1) is 0 Å². The van der Waals surface area contributed by atoms with E-state index in [9.17, 15) is 15.3 Å². The maximum atomic E-state index is 10.5. The minimum Gasteiger partial charge on any atom is -0.457 e. The van der Waals surface area contributed by atoms with Crippen LogP contribution in [0.1, 0.15) is 57.4 Å². The van der Waals surface area contributed by atoms with Gasteiger partial charge in [0.25, 0.3) is 6.02 Å². The third-order valence-corrected chi connectivity index (χ3v) is 5.92. The monoisotopic (exact) mass is 420 g/mol. The summed E-state index contributed by atoms with van der Waals surface area (Å²) in [5.41, 5.74) is 0.966. The van der Waals surface area contributed by atoms with Gasteiger partial charge in [-0.15, -0.1) is 0 Å². The van der Waals surface area contributed by atoms with E-state index in [0.717, 1.165) is 18.4 Å². The Morgan fingerprint density at radius 2 is 1.63 bits per heavy atom. The lowest BCUT2D eigenvalue weighted by Gasteiger charge is -2.41. The van der Waals surface area contributed by atoms with Gasteiger partial charge in [0.2, 0.25) is 0 Å². The van der Waals surface area contributed by atoms with Gasteiger partial charge in [0, 0.05) is 6.54 Å². The number of aliphatic hydroxyl groups excluding tert-OH is 3. The molecule has 1 saturated heterocycles. The van der Waals surface area contributed by atoms with Crippen LogP contribution in [0.5, 0.6) is 0 Å². The molecule has 30 heavy (non-hydrogen) atoms. The predicted molar refractivity (Wildman–Crippen MR) is 115 cm³/mol. The van der Waals surface area contributed by atoms with Crippen molar-refractivity contribution in [2.45, 2.75) is 95.0 Å². The average molecular weight is 421 g/mol. The Kier molecular flexibility index (Phi) is 8.93. The van der Waals surface area contributed by atoms with E-state index < -0.39 is 36.6 Å². The molecule has 6 atom stereocenters. The number of amidine groups is 1. The number of aliphatic imine (C=N–C) groups is 1. The lowest BCUT2D eigenvalue weighted by Crippen LogP contribution is -2.65. The van der Waals surface area contributed by atoms with Crippen LogP contribution in [0.2, 0.25) is 0 Å². The first-order valence-electron chi connectivity index (χ1n) is 11.3. The smallest absolute Gasteiger partial charge is 0.285 e. The highest BCUT2D eigenvalue weighted by atomic mass is 16.6. The van der Waals surface area contributed by atoms with Crippen LogP contribution in [-0.2, 0) is 16.1 Å². The molecule has 1 aromatic rings. The number of hydrogen-bond donors (Lipinski definition) is 4. The maximum Gasteiger partial charge on any atom is 0.285 e. The molecular weight excluding hydrogens is 384 g/mol. The fraction of sp³-hybridized carbons (Fsp3) is 0.696. The van der Waals surface area contributed by atoms with Gasteiger partial charge in [0.15, 0.2) is 6.10 Å². The number of nitrogens with zero attached hydrogens (tertiary/aromatic N) is 1. The third kappa shape index (κ3) is 5.94. The number of benzene rings is 1. The number of nitrogens with one attached hydrogen (secondary N) is 1. The third-order valence-electron chi connectivity index (χ3n) is 5.92. The molecule has 1 aromatic carbocycles. The van der Waals surface area contributed by atoms with Crippen molar-refractivity contribution < 1.29 is 24.8 Å². The molecule has 7 nitrogen and oxygen atoms in total. The van der Waals surface area contributed by atoms with Gasteiger partial charge >= 0.3 is 0 Å². The van der Waals surface area contributed by atoms with Gasteiger partial charge in [-0.1, -0.05) is 75.8 Å². The van der Waals surface area contributed by atoms with Crippen molar-refractivity contribution in [3.63, 3.8) is 0 Å². The molecule has 0 amide bonds. The number of unbranched alkanes of at least 4 members (excludes halogenated alkanes) is 6. The summed E-state index contributed by atoms with van der Waals surface area (Å²) in [4.78, 5) is 4.47. The van der Waals surface area contributed by atoms with Crippen molar-refractivity contribution in [1.29, 1.82) is 0 Å². The second-order valence-corrected chi connectivity index (χ2v) is 8.29. The Labute approximate surface area is 179 Å². The van der Waals surface area contributed by atoms with Crippen molar-refractivity contribution in [3.8, 4) is 0 Å². The molecular formula is C23H36N2O5. The largest absolute Gasteiger partial charge is 0.457 e. The molecule has 1 aliphatic carbocycles. The summed E-state index contributed by atoms with van der Waals surface area (Å²) in [5.74, 6) is 0. The molecule has 168 valence electrons. The Morgan fingerprint density at radius 1 is 0.933 bits per heavy atom. The lowest BCUT2D eigenvalue weighted by atomic mass is 9.83. The summed E-state index contributed by atoms with van der Waals surface area (Å²) in [6.45, 7) is 3.15. The van der Waals surface area contributed by atoms with E-state index in [4.69, 9.17) is 9.47 Å². The van der Waals surface area contributed by atoms with E-state index in [2.05, 4.69) is 17.2 Å². The normalized spacial score (nSPS) is 31.9. The molecule has 1 aliphatic heterocycles. The highest BCUT2D eigenvalue weighted by molar-refractivity contribution is 5.76. The first-order valence-corrected chi connectivity index (χ1v) is 11.3. The second-order valence-electron chi connectivity index (χ2n) is 8.29. The van der Waals surface area contributed by atoms with Crippen molar-refractivity contribution in [2.75, 3.05) is 6.54 Å². The number of aliphatic hydroxyl groups is 3. The van der Waals surface area contributed by atoms with Crippen molar-refractivity contribution in [1.82, 2.24) is 5.32 Å². The summed E-state index contributed by atoms with van der Waals surface area (Å²) in [6, 6.07) is 9.51. The van der Waals surface area contributed by atoms with Crippen molar-refractivity contribution in [3.05, 3.63) is 35.9 Å². The van der Waals surface area contributed by atoms with Gasteiger partial charge < -0.3 is 30.1 Å². The van der Waals surface area contributed by atoms with Gasteiger partial charge in [0.05, 0.1) is 12.6 Å². The summed E-state index contributed by atoms with van der Waals surface area (Å²) < 4.78 is 11.7. The number of hydrogen-bond acceptors (Lipinski definition) is 6. The number of ether oxygens (including phenoxy) is 2. The van der Waals surface area contributed by atoms with E-state index in [1.807, 2.05) is 30.3 Å². The topological polar surface area (TPSA) is 104 Å². The summed E-state index contributed by atoms with van der Waals surface area (Å²) >= 11 is 0. The lowest BCUT2D eigenvalue weighted by molar-refractivity contribution is -0.191. The molecule has 1 heterocycles. The van der Waals surface area contributed by atoms with E-state index in [-0.39, 0.29) is 0 Å². The fourth-order valence-electron chi connectivity index (χ4n) is 4.12. The SMILES string of the molecule is CCCCCCCCCN=C1NC2C(OCc3ccccc3)C(O)C(O)C(O)C2O1. The molecule has 0 radical (unpaired) electrons. The average Bonchev–Trinajstić information content (AvgIpc) is 3.19. The van der Waals surface area contributed by atoms with Crippen molar-refractivity contribution in [2.24, 2.45) is 4.99 Å². The Bertz CT molecular complexity index is 656. The summed E-state index contributed by atoms with van der Waals surface area (Å²) in [7, 11) is 0. The summed E-state index contributed by atoms with van der Waals surface area (Å²) in [5, 5.41) is 34.3. The van der Waals surface area contributed by atoms with Gasteiger partial charge in [0.1, 0.15) is 24.4 Å². The molecule has 2 aliphatic rings. The van der Waals surface area contributed by atoms with Crippen LogP contribution in [0.15, 0.2) is 35.3 Å². The first kappa shape index (κ1) is 23.0. The summed E-state index contributed by atoms with van der Waals surface area (Å²) in [6.07, 6.45) is 3.26. The van der Waals surface area contributed by atoms with E-state index in [1.54, 1.807) is 0 Å².